The highest BCUT2D eigenvalue weighted by atomic mass is 16.5. The molecule has 1 rings (SSSR count). The predicted octanol–water partition coefficient (Wildman–Crippen LogP) is 2.05. The minimum Gasteiger partial charge on any atom is -0.475 e. The average molecular weight is 196 g/mol. The topological polar surface area (TPSA) is 44.2 Å². The molecular weight excluding hydrogens is 180 g/mol. The summed E-state index contributed by atoms with van der Waals surface area (Å²) in [7, 11) is 0. The number of hydrogen-bond donors (Lipinski definition) is 0. The van der Waals surface area contributed by atoms with E-state index in [1.54, 1.807) is 12.3 Å². The lowest BCUT2D eigenvalue weighted by atomic mass is 10.5. The van der Waals surface area contributed by atoms with Crippen LogP contribution in [0.4, 0.5) is 0 Å². The number of ether oxygens (including phenoxy) is 2. The Labute approximate surface area is 84.3 Å². The number of aromatic nitrogens is 2. The van der Waals surface area contributed by atoms with Gasteiger partial charge in [-0.2, -0.15) is 4.98 Å². The zero-order chi connectivity index (χ0) is 10.6. The van der Waals surface area contributed by atoms with Crippen molar-refractivity contribution < 1.29 is 9.47 Å². The Kier molecular flexibility index (Phi) is 3.68. The molecule has 0 aliphatic rings. The van der Waals surface area contributed by atoms with Gasteiger partial charge in [0.2, 0.25) is 5.88 Å². The van der Waals surface area contributed by atoms with Gasteiger partial charge >= 0.3 is 6.01 Å². The van der Waals surface area contributed by atoms with Crippen LogP contribution in [0.5, 0.6) is 11.9 Å². The number of rotatable bonds is 4. The Morgan fingerprint density at radius 1 is 1.07 bits per heavy atom. The summed E-state index contributed by atoms with van der Waals surface area (Å²) in [6, 6.07) is 2.07. The Morgan fingerprint density at radius 2 is 1.71 bits per heavy atom. The first-order chi connectivity index (χ1) is 6.58. The Balaban J connectivity index is 2.68. The van der Waals surface area contributed by atoms with E-state index in [9.17, 15) is 0 Å². The Hall–Kier alpha value is -1.32. The third-order valence-corrected chi connectivity index (χ3v) is 1.31. The molecule has 0 radical (unpaired) electrons. The highest BCUT2D eigenvalue weighted by molar-refractivity contribution is 5.11. The van der Waals surface area contributed by atoms with Crippen LogP contribution < -0.4 is 9.47 Å². The molecule has 4 heteroatoms. The van der Waals surface area contributed by atoms with Crippen LogP contribution in [0, 0.1) is 0 Å². The second-order valence-electron chi connectivity index (χ2n) is 3.51. The molecule has 0 fully saturated rings. The molecule has 0 aliphatic heterocycles. The minimum atomic E-state index is 0.0734. The molecule has 14 heavy (non-hydrogen) atoms. The van der Waals surface area contributed by atoms with Crippen molar-refractivity contribution in [1.29, 1.82) is 0 Å². The van der Waals surface area contributed by atoms with Gasteiger partial charge in [0.1, 0.15) is 0 Å². The molecule has 0 aliphatic carbocycles. The summed E-state index contributed by atoms with van der Waals surface area (Å²) in [5.74, 6) is 0.547. The van der Waals surface area contributed by atoms with Crippen LogP contribution >= 0.6 is 0 Å². The second-order valence-corrected chi connectivity index (χ2v) is 3.51. The average Bonchev–Trinajstić information content (AvgIpc) is 2.01. The standard InChI is InChI=1S/C10H16N2O2/c1-7(2)13-9-5-6-11-10(12-9)14-8(3)4/h5-8H,1-4H3. The largest absolute Gasteiger partial charge is 0.475 e. The first kappa shape index (κ1) is 10.8. The van der Waals surface area contributed by atoms with E-state index in [0.717, 1.165) is 0 Å². The molecular formula is C10H16N2O2. The van der Waals surface area contributed by atoms with Gasteiger partial charge in [-0.25, -0.2) is 4.98 Å². The summed E-state index contributed by atoms with van der Waals surface area (Å²) in [5.41, 5.74) is 0. The third kappa shape index (κ3) is 3.60. The van der Waals surface area contributed by atoms with Gasteiger partial charge in [0.15, 0.2) is 0 Å². The Bertz CT molecular complexity index is 262. The molecule has 0 saturated carbocycles. The summed E-state index contributed by atoms with van der Waals surface area (Å²) in [4.78, 5) is 8.07. The van der Waals surface area contributed by atoms with Gasteiger partial charge in [-0.3, -0.25) is 0 Å². The third-order valence-electron chi connectivity index (χ3n) is 1.31. The van der Waals surface area contributed by atoms with Crippen LogP contribution in [-0.2, 0) is 0 Å². The van der Waals surface area contributed by atoms with E-state index < -0.39 is 0 Å². The summed E-state index contributed by atoms with van der Waals surface area (Å²) in [5, 5.41) is 0. The molecule has 0 N–H and O–H groups in total. The van der Waals surface area contributed by atoms with Crippen molar-refractivity contribution in [2.45, 2.75) is 39.9 Å². The van der Waals surface area contributed by atoms with Gasteiger partial charge in [-0.05, 0) is 27.7 Å². The monoisotopic (exact) mass is 196 g/mol. The van der Waals surface area contributed by atoms with Crippen LogP contribution in [0.3, 0.4) is 0 Å². The summed E-state index contributed by atoms with van der Waals surface area (Å²) in [6.45, 7) is 7.76. The van der Waals surface area contributed by atoms with Crippen LogP contribution in [0.15, 0.2) is 12.3 Å². The fourth-order valence-electron chi connectivity index (χ4n) is 0.900. The van der Waals surface area contributed by atoms with Gasteiger partial charge in [-0.1, -0.05) is 0 Å². The first-order valence-corrected chi connectivity index (χ1v) is 4.74. The molecule has 0 unspecified atom stereocenters. The van der Waals surface area contributed by atoms with Crippen molar-refractivity contribution in [3.05, 3.63) is 12.3 Å². The molecule has 1 aromatic rings. The molecule has 0 amide bonds. The van der Waals surface area contributed by atoms with Gasteiger partial charge in [0, 0.05) is 12.3 Å². The van der Waals surface area contributed by atoms with Crippen molar-refractivity contribution in [2.75, 3.05) is 0 Å². The summed E-state index contributed by atoms with van der Waals surface area (Å²) >= 11 is 0. The van der Waals surface area contributed by atoms with Crippen molar-refractivity contribution in [3.8, 4) is 11.9 Å². The summed E-state index contributed by atoms with van der Waals surface area (Å²) in [6.07, 6.45) is 1.81. The molecule has 1 heterocycles. The first-order valence-electron chi connectivity index (χ1n) is 4.74. The maximum absolute atomic E-state index is 5.41. The molecule has 0 saturated heterocycles. The van der Waals surface area contributed by atoms with E-state index in [-0.39, 0.29) is 12.2 Å². The fourth-order valence-corrected chi connectivity index (χ4v) is 0.900. The van der Waals surface area contributed by atoms with Crippen molar-refractivity contribution in [2.24, 2.45) is 0 Å². The zero-order valence-electron chi connectivity index (χ0n) is 9.02. The second kappa shape index (κ2) is 4.79. The molecule has 0 aromatic carbocycles. The lowest BCUT2D eigenvalue weighted by Gasteiger charge is -2.10. The van der Waals surface area contributed by atoms with Crippen molar-refractivity contribution in [1.82, 2.24) is 9.97 Å². The fraction of sp³-hybridized carbons (Fsp3) is 0.600. The van der Waals surface area contributed by atoms with E-state index in [1.807, 2.05) is 27.7 Å². The lowest BCUT2D eigenvalue weighted by Crippen LogP contribution is -2.11. The number of nitrogens with zero attached hydrogens (tertiary/aromatic N) is 2. The lowest BCUT2D eigenvalue weighted by molar-refractivity contribution is 0.203. The maximum Gasteiger partial charge on any atom is 0.319 e. The van der Waals surface area contributed by atoms with E-state index in [1.165, 1.54) is 0 Å². The summed E-state index contributed by atoms with van der Waals surface area (Å²) < 4.78 is 10.7. The van der Waals surface area contributed by atoms with Gasteiger partial charge < -0.3 is 9.47 Å². The van der Waals surface area contributed by atoms with Gasteiger partial charge in [-0.15, -0.1) is 0 Å². The molecule has 0 spiro atoms. The maximum atomic E-state index is 5.41. The Morgan fingerprint density at radius 3 is 2.29 bits per heavy atom. The van der Waals surface area contributed by atoms with E-state index >= 15 is 0 Å². The van der Waals surface area contributed by atoms with Crippen LogP contribution in [0.1, 0.15) is 27.7 Å². The van der Waals surface area contributed by atoms with E-state index in [0.29, 0.717) is 11.9 Å². The normalized spacial score (nSPS) is 10.7. The molecule has 4 nitrogen and oxygen atoms in total. The molecule has 0 atom stereocenters. The van der Waals surface area contributed by atoms with E-state index in [2.05, 4.69) is 9.97 Å². The minimum absolute atomic E-state index is 0.0734. The van der Waals surface area contributed by atoms with E-state index in [4.69, 9.17) is 9.47 Å². The number of hydrogen-bond acceptors (Lipinski definition) is 4. The van der Waals surface area contributed by atoms with Gasteiger partial charge in [0.05, 0.1) is 12.2 Å². The zero-order valence-corrected chi connectivity index (χ0v) is 9.02. The SMILES string of the molecule is CC(C)Oc1ccnc(OC(C)C)n1. The molecule has 1 aromatic heterocycles. The van der Waals surface area contributed by atoms with Crippen molar-refractivity contribution in [3.63, 3.8) is 0 Å². The smallest absolute Gasteiger partial charge is 0.319 e. The molecule has 0 bridgehead atoms. The molecule has 78 valence electrons. The predicted molar refractivity (Wildman–Crippen MR) is 53.6 cm³/mol. The quantitative estimate of drug-likeness (QED) is 0.739. The highest BCUT2D eigenvalue weighted by Gasteiger charge is 2.04. The van der Waals surface area contributed by atoms with Crippen LogP contribution in [0.2, 0.25) is 0 Å². The van der Waals surface area contributed by atoms with Gasteiger partial charge in [0.25, 0.3) is 0 Å². The van der Waals surface area contributed by atoms with Crippen LogP contribution in [-0.4, -0.2) is 22.2 Å². The van der Waals surface area contributed by atoms with Crippen LogP contribution in [0.25, 0.3) is 0 Å². The van der Waals surface area contributed by atoms with Crippen molar-refractivity contribution >= 4 is 0 Å². The highest BCUT2D eigenvalue weighted by Crippen LogP contribution is 2.12.